The number of anilines is 2. The van der Waals surface area contributed by atoms with Gasteiger partial charge in [-0.15, -0.1) is 0 Å². The van der Waals surface area contributed by atoms with E-state index in [1.807, 2.05) is 13.0 Å². The summed E-state index contributed by atoms with van der Waals surface area (Å²) in [5.41, 5.74) is 2.51. The molecular weight excluding hydrogens is 438 g/mol. The van der Waals surface area contributed by atoms with Crippen LogP contribution < -0.4 is 9.62 Å². The number of nitrogens with one attached hydrogen (secondary N) is 1. The highest BCUT2D eigenvalue weighted by molar-refractivity contribution is 7.92. The highest BCUT2D eigenvalue weighted by atomic mass is 32.2. The maximum atomic E-state index is 13.0. The van der Waals surface area contributed by atoms with E-state index >= 15 is 0 Å². The van der Waals surface area contributed by atoms with Gasteiger partial charge in [-0.3, -0.25) is 4.72 Å². The Hall–Kier alpha value is -2.58. The standard InChI is InChI=1S/C25H33N3O4S/c1-18-7-8-19(2)24(14-18)33(31,32)26-21-9-10-23(22(15-21)25(29)30)28-13-5-6-20(17-28)16-27-11-3-4-12-27/h7-10,14-15,20,26H,3-6,11-13,16-17H2,1-2H3,(H,29,30)/t20-/m1/s1. The normalized spacial score (nSPS) is 19.6. The lowest BCUT2D eigenvalue weighted by Crippen LogP contribution is -2.41. The quantitative estimate of drug-likeness (QED) is 0.632. The molecule has 2 fully saturated rings. The van der Waals surface area contributed by atoms with Crippen molar-refractivity contribution in [1.82, 2.24) is 4.90 Å². The lowest BCUT2D eigenvalue weighted by molar-refractivity contribution is 0.0697. The molecule has 0 amide bonds. The van der Waals surface area contributed by atoms with E-state index in [4.69, 9.17) is 0 Å². The number of aromatic carboxylic acids is 1. The Labute approximate surface area is 196 Å². The van der Waals surface area contributed by atoms with Crippen molar-refractivity contribution in [2.45, 2.75) is 44.4 Å². The number of nitrogens with zero attached hydrogens (tertiary/aromatic N) is 2. The Morgan fingerprint density at radius 3 is 2.55 bits per heavy atom. The summed E-state index contributed by atoms with van der Waals surface area (Å²) in [5, 5.41) is 9.90. The van der Waals surface area contributed by atoms with Gasteiger partial charge >= 0.3 is 5.97 Å². The number of carboxylic acids is 1. The van der Waals surface area contributed by atoms with Gasteiger partial charge in [0.2, 0.25) is 0 Å². The van der Waals surface area contributed by atoms with Gasteiger partial charge in [0.25, 0.3) is 10.0 Å². The van der Waals surface area contributed by atoms with E-state index in [1.165, 1.54) is 18.9 Å². The molecule has 2 N–H and O–H groups in total. The molecule has 2 aliphatic heterocycles. The Kier molecular flexibility index (Phi) is 6.95. The monoisotopic (exact) mass is 471 g/mol. The molecule has 0 spiro atoms. The Morgan fingerprint density at radius 1 is 1.06 bits per heavy atom. The van der Waals surface area contributed by atoms with Crippen molar-refractivity contribution >= 4 is 27.4 Å². The van der Waals surface area contributed by atoms with E-state index in [-0.39, 0.29) is 16.1 Å². The molecule has 0 unspecified atom stereocenters. The molecule has 4 rings (SSSR count). The first-order valence-corrected chi connectivity index (χ1v) is 13.2. The summed E-state index contributed by atoms with van der Waals surface area (Å²) in [6, 6.07) is 10.1. The SMILES string of the molecule is Cc1ccc(C)c(S(=O)(=O)Nc2ccc(N3CCC[C@H](CN4CCCC4)C3)c(C(=O)O)c2)c1. The second-order valence-corrected chi connectivity index (χ2v) is 11.0. The van der Waals surface area contributed by atoms with E-state index < -0.39 is 16.0 Å². The fraction of sp³-hybridized carbons (Fsp3) is 0.480. The van der Waals surface area contributed by atoms with Crippen LogP contribution in [0.5, 0.6) is 0 Å². The lowest BCUT2D eigenvalue weighted by atomic mass is 9.96. The summed E-state index contributed by atoms with van der Waals surface area (Å²) < 4.78 is 28.5. The fourth-order valence-electron chi connectivity index (χ4n) is 5.02. The third-order valence-corrected chi connectivity index (χ3v) is 8.21. The number of carboxylic acid groups (broad SMARTS) is 1. The van der Waals surface area contributed by atoms with E-state index in [0.717, 1.165) is 51.1 Å². The highest BCUT2D eigenvalue weighted by Gasteiger charge is 2.27. The summed E-state index contributed by atoms with van der Waals surface area (Å²) in [5.74, 6) is -0.541. The van der Waals surface area contributed by atoms with E-state index in [1.54, 1.807) is 31.2 Å². The van der Waals surface area contributed by atoms with Gasteiger partial charge in [0.05, 0.1) is 16.1 Å². The van der Waals surface area contributed by atoms with Gasteiger partial charge in [0.1, 0.15) is 0 Å². The number of likely N-dealkylation sites (tertiary alicyclic amines) is 1. The molecule has 2 saturated heterocycles. The molecule has 2 aliphatic rings. The van der Waals surface area contributed by atoms with Crippen LogP contribution in [-0.2, 0) is 10.0 Å². The second kappa shape index (κ2) is 9.73. The van der Waals surface area contributed by atoms with Crippen molar-refractivity contribution in [1.29, 1.82) is 0 Å². The Bertz CT molecular complexity index is 1130. The molecule has 0 bridgehead atoms. The van der Waals surface area contributed by atoms with Crippen LogP contribution in [0.2, 0.25) is 0 Å². The molecule has 1 atom stereocenters. The number of sulfonamides is 1. The third-order valence-electron chi connectivity index (χ3n) is 6.69. The van der Waals surface area contributed by atoms with Gasteiger partial charge in [-0.25, -0.2) is 13.2 Å². The lowest BCUT2D eigenvalue weighted by Gasteiger charge is -2.36. The summed E-state index contributed by atoms with van der Waals surface area (Å²) in [6.45, 7) is 8.60. The predicted octanol–water partition coefficient (Wildman–Crippen LogP) is 4.11. The van der Waals surface area contributed by atoms with Crippen LogP contribution in [0.4, 0.5) is 11.4 Å². The first-order valence-electron chi connectivity index (χ1n) is 11.7. The Balaban J connectivity index is 1.55. The van der Waals surface area contributed by atoms with Crippen molar-refractivity contribution in [3.8, 4) is 0 Å². The molecule has 0 aromatic heterocycles. The summed E-state index contributed by atoms with van der Waals surface area (Å²) in [4.78, 5) is 17.0. The highest BCUT2D eigenvalue weighted by Crippen LogP contribution is 2.31. The van der Waals surface area contributed by atoms with Gasteiger partial charge in [-0.05, 0) is 93.9 Å². The zero-order valence-corrected chi connectivity index (χ0v) is 20.2. The van der Waals surface area contributed by atoms with Crippen LogP contribution in [0.25, 0.3) is 0 Å². The van der Waals surface area contributed by atoms with Gasteiger partial charge in [-0.2, -0.15) is 0 Å². The number of hydrogen-bond acceptors (Lipinski definition) is 5. The van der Waals surface area contributed by atoms with Crippen LogP contribution in [0.15, 0.2) is 41.3 Å². The first kappa shape index (κ1) is 23.6. The molecule has 178 valence electrons. The molecule has 8 heteroatoms. The van der Waals surface area contributed by atoms with E-state index in [0.29, 0.717) is 17.2 Å². The smallest absolute Gasteiger partial charge is 0.337 e. The predicted molar refractivity (Wildman–Crippen MR) is 131 cm³/mol. The maximum Gasteiger partial charge on any atom is 0.337 e. The molecule has 2 aromatic rings. The van der Waals surface area contributed by atoms with Gasteiger partial charge in [0.15, 0.2) is 0 Å². The summed E-state index contributed by atoms with van der Waals surface area (Å²) >= 11 is 0. The summed E-state index contributed by atoms with van der Waals surface area (Å²) in [6.07, 6.45) is 4.71. The number of aryl methyl sites for hydroxylation is 2. The summed E-state index contributed by atoms with van der Waals surface area (Å²) in [7, 11) is -3.83. The van der Waals surface area contributed by atoms with Crippen molar-refractivity contribution < 1.29 is 18.3 Å². The van der Waals surface area contributed by atoms with Crippen LogP contribution >= 0.6 is 0 Å². The molecule has 7 nitrogen and oxygen atoms in total. The van der Waals surface area contributed by atoms with E-state index in [2.05, 4.69) is 14.5 Å². The molecule has 33 heavy (non-hydrogen) atoms. The average Bonchev–Trinajstić information content (AvgIpc) is 3.28. The zero-order valence-electron chi connectivity index (χ0n) is 19.4. The third kappa shape index (κ3) is 5.50. The van der Waals surface area contributed by atoms with Gasteiger partial charge in [-0.1, -0.05) is 12.1 Å². The van der Waals surface area contributed by atoms with Crippen LogP contribution in [0.1, 0.15) is 47.2 Å². The minimum atomic E-state index is -3.83. The molecule has 0 saturated carbocycles. The first-order chi connectivity index (χ1) is 15.7. The molecule has 2 heterocycles. The topological polar surface area (TPSA) is 90.0 Å². The number of hydrogen-bond donors (Lipinski definition) is 2. The molecule has 0 radical (unpaired) electrons. The number of carbonyl (C=O) groups is 1. The zero-order chi connectivity index (χ0) is 23.6. The van der Waals surface area contributed by atoms with Gasteiger partial charge in [0, 0.05) is 25.3 Å². The molecular formula is C25H33N3O4S. The van der Waals surface area contributed by atoms with Crippen molar-refractivity contribution in [3.05, 3.63) is 53.1 Å². The molecule has 0 aliphatic carbocycles. The number of rotatable bonds is 7. The van der Waals surface area contributed by atoms with Crippen LogP contribution in [0, 0.1) is 19.8 Å². The number of piperidine rings is 1. The minimum absolute atomic E-state index is 0.123. The minimum Gasteiger partial charge on any atom is -0.478 e. The Morgan fingerprint density at radius 2 is 1.82 bits per heavy atom. The average molecular weight is 472 g/mol. The van der Waals surface area contributed by atoms with Crippen LogP contribution in [-0.4, -0.2) is 57.1 Å². The van der Waals surface area contributed by atoms with Crippen molar-refractivity contribution in [2.75, 3.05) is 42.3 Å². The largest absolute Gasteiger partial charge is 0.478 e. The second-order valence-electron chi connectivity index (χ2n) is 9.37. The molecule has 2 aromatic carbocycles. The van der Waals surface area contributed by atoms with Crippen molar-refractivity contribution in [3.63, 3.8) is 0 Å². The fourth-order valence-corrected chi connectivity index (χ4v) is 6.40. The maximum absolute atomic E-state index is 13.0. The van der Waals surface area contributed by atoms with Crippen LogP contribution in [0.3, 0.4) is 0 Å². The number of benzene rings is 2. The van der Waals surface area contributed by atoms with E-state index in [9.17, 15) is 18.3 Å². The van der Waals surface area contributed by atoms with Crippen molar-refractivity contribution in [2.24, 2.45) is 5.92 Å². The van der Waals surface area contributed by atoms with Gasteiger partial charge < -0.3 is 14.9 Å².